The molecule has 0 radical (unpaired) electrons. The van der Waals surface area contributed by atoms with Gasteiger partial charge in [0.25, 0.3) is 0 Å². The second-order valence-electron chi connectivity index (χ2n) is 8.56. The number of piperidine rings is 2. The highest BCUT2D eigenvalue weighted by Gasteiger charge is 2.54. The molecular weight excluding hydrogens is 350 g/mol. The molecule has 28 heavy (non-hydrogen) atoms. The molecular formula is C23H31N3O2. The number of amides is 2. The van der Waals surface area contributed by atoms with Crippen LogP contribution in [0.3, 0.4) is 0 Å². The van der Waals surface area contributed by atoms with Gasteiger partial charge in [-0.2, -0.15) is 0 Å². The van der Waals surface area contributed by atoms with Gasteiger partial charge in [-0.3, -0.25) is 9.59 Å². The normalized spacial score (nSPS) is 28.5. The molecule has 0 unspecified atom stereocenters. The zero-order chi connectivity index (χ0) is 19.6. The third kappa shape index (κ3) is 3.60. The Hall–Kier alpha value is -2.14. The van der Waals surface area contributed by atoms with E-state index in [9.17, 15) is 9.59 Å². The van der Waals surface area contributed by atoms with Gasteiger partial charge in [-0.25, -0.2) is 0 Å². The van der Waals surface area contributed by atoms with Crippen LogP contribution in [0.15, 0.2) is 36.4 Å². The van der Waals surface area contributed by atoms with Crippen LogP contribution in [0.4, 0.5) is 0 Å². The largest absolute Gasteiger partial charge is 0.342 e. The lowest BCUT2D eigenvalue weighted by Crippen LogP contribution is -2.66. The SMILES string of the molecule is CN1CC[C@]2(C(=O)N3CCCC3)CCCN(C(=O)C=Cc3ccccc3)[C@H]2C1. The maximum Gasteiger partial charge on any atom is 0.246 e. The number of likely N-dealkylation sites (tertiary alicyclic amines) is 3. The van der Waals surface area contributed by atoms with Gasteiger partial charge >= 0.3 is 0 Å². The van der Waals surface area contributed by atoms with E-state index in [1.165, 1.54) is 0 Å². The third-order valence-electron chi connectivity index (χ3n) is 6.78. The molecule has 0 spiro atoms. The predicted molar refractivity (Wildman–Crippen MR) is 111 cm³/mol. The summed E-state index contributed by atoms with van der Waals surface area (Å²) in [6.45, 7) is 4.21. The first-order valence-electron chi connectivity index (χ1n) is 10.6. The molecule has 3 aliphatic rings. The minimum absolute atomic E-state index is 0.0268. The molecule has 1 aromatic carbocycles. The van der Waals surface area contributed by atoms with Crippen molar-refractivity contribution in [2.24, 2.45) is 5.41 Å². The number of rotatable bonds is 3. The fraction of sp³-hybridized carbons (Fsp3) is 0.565. The summed E-state index contributed by atoms with van der Waals surface area (Å²) in [4.78, 5) is 33.0. The molecule has 3 saturated heterocycles. The van der Waals surface area contributed by atoms with Gasteiger partial charge in [0, 0.05) is 32.3 Å². The number of fused-ring (bicyclic) bond motifs is 1. The molecule has 0 bridgehead atoms. The Morgan fingerprint density at radius 3 is 2.50 bits per heavy atom. The minimum Gasteiger partial charge on any atom is -0.342 e. The summed E-state index contributed by atoms with van der Waals surface area (Å²) in [5, 5.41) is 0. The van der Waals surface area contributed by atoms with E-state index in [4.69, 9.17) is 0 Å². The molecule has 5 heteroatoms. The molecule has 3 fully saturated rings. The first-order chi connectivity index (χ1) is 13.6. The quantitative estimate of drug-likeness (QED) is 0.756. The first kappa shape index (κ1) is 19.2. The summed E-state index contributed by atoms with van der Waals surface area (Å²) in [5.41, 5.74) is 0.624. The van der Waals surface area contributed by atoms with Crippen molar-refractivity contribution in [3.63, 3.8) is 0 Å². The van der Waals surface area contributed by atoms with Crippen LogP contribution >= 0.6 is 0 Å². The average Bonchev–Trinajstić information content (AvgIpc) is 3.26. The molecule has 5 nitrogen and oxygen atoms in total. The number of benzene rings is 1. The molecule has 150 valence electrons. The van der Waals surface area contributed by atoms with E-state index in [0.29, 0.717) is 5.91 Å². The summed E-state index contributed by atoms with van der Waals surface area (Å²) in [7, 11) is 2.10. The van der Waals surface area contributed by atoms with Gasteiger partial charge in [-0.15, -0.1) is 0 Å². The first-order valence-corrected chi connectivity index (χ1v) is 10.6. The van der Waals surface area contributed by atoms with Crippen LogP contribution < -0.4 is 0 Å². The summed E-state index contributed by atoms with van der Waals surface area (Å²) < 4.78 is 0. The van der Waals surface area contributed by atoms with Gasteiger partial charge in [-0.05, 0) is 57.3 Å². The van der Waals surface area contributed by atoms with Gasteiger partial charge in [0.2, 0.25) is 11.8 Å². The summed E-state index contributed by atoms with van der Waals surface area (Å²) in [6, 6.07) is 9.88. The lowest BCUT2D eigenvalue weighted by molar-refractivity contribution is -0.158. The van der Waals surface area contributed by atoms with Crippen molar-refractivity contribution in [2.45, 2.75) is 38.1 Å². The van der Waals surface area contributed by atoms with Gasteiger partial charge in [0.1, 0.15) is 0 Å². The van der Waals surface area contributed by atoms with E-state index in [2.05, 4.69) is 16.8 Å². The van der Waals surface area contributed by atoms with Gasteiger partial charge in [0.05, 0.1) is 11.5 Å². The van der Waals surface area contributed by atoms with Gasteiger partial charge < -0.3 is 14.7 Å². The Bertz CT molecular complexity index is 741. The Morgan fingerprint density at radius 1 is 1.00 bits per heavy atom. The van der Waals surface area contributed by atoms with Crippen molar-refractivity contribution in [2.75, 3.05) is 39.8 Å². The van der Waals surface area contributed by atoms with Crippen LogP contribution in [-0.4, -0.2) is 72.3 Å². The van der Waals surface area contributed by atoms with Crippen molar-refractivity contribution >= 4 is 17.9 Å². The monoisotopic (exact) mass is 381 g/mol. The molecule has 1 aromatic rings. The van der Waals surface area contributed by atoms with E-state index < -0.39 is 5.41 Å². The highest BCUT2D eigenvalue weighted by molar-refractivity contribution is 5.93. The van der Waals surface area contributed by atoms with E-state index in [1.54, 1.807) is 6.08 Å². The lowest BCUT2D eigenvalue weighted by atomic mass is 9.67. The Balaban J connectivity index is 1.58. The maximum atomic E-state index is 13.6. The van der Waals surface area contributed by atoms with Crippen molar-refractivity contribution in [1.29, 1.82) is 0 Å². The number of hydrogen-bond donors (Lipinski definition) is 0. The fourth-order valence-corrected chi connectivity index (χ4v) is 5.21. The molecule has 3 aliphatic heterocycles. The lowest BCUT2D eigenvalue weighted by Gasteiger charge is -2.54. The predicted octanol–water partition coefficient (Wildman–Crippen LogP) is 2.64. The number of hydrogen-bond acceptors (Lipinski definition) is 3. The summed E-state index contributed by atoms with van der Waals surface area (Å²) in [6.07, 6.45) is 8.45. The highest BCUT2D eigenvalue weighted by atomic mass is 16.2. The van der Waals surface area contributed by atoms with Crippen LogP contribution in [0.25, 0.3) is 6.08 Å². The molecule has 4 rings (SSSR count). The Labute approximate surface area is 168 Å². The van der Waals surface area contributed by atoms with Crippen molar-refractivity contribution in [3.8, 4) is 0 Å². The van der Waals surface area contributed by atoms with Crippen molar-refractivity contribution in [3.05, 3.63) is 42.0 Å². The zero-order valence-corrected chi connectivity index (χ0v) is 16.8. The van der Waals surface area contributed by atoms with Crippen molar-refractivity contribution < 1.29 is 9.59 Å². The third-order valence-corrected chi connectivity index (χ3v) is 6.78. The Morgan fingerprint density at radius 2 is 1.75 bits per heavy atom. The van der Waals surface area contributed by atoms with Crippen LogP contribution in [0.5, 0.6) is 0 Å². The molecule has 2 atom stereocenters. The standard InChI is InChI=1S/C23H31N3O2/c1-24-17-13-23(22(28)25-14-5-6-15-25)12-7-16-26(20(23)18-24)21(27)11-10-19-8-3-2-4-9-19/h2-4,8-11,20H,5-7,12-18H2,1H3/t20-,23+/m0/s1. The number of carbonyl (C=O) groups excluding carboxylic acids is 2. The van der Waals surface area contributed by atoms with Crippen LogP contribution in [0.1, 0.15) is 37.7 Å². The van der Waals surface area contributed by atoms with Crippen LogP contribution in [-0.2, 0) is 9.59 Å². The second-order valence-corrected chi connectivity index (χ2v) is 8.56. The highest BCUT2D eigenvalue weighted by Crippen LogP contribution is 2.44. The fourth-order valence-electron chi connectivity index (χ4n) is 5.21. The Kier molecular flexibility index (Phi) is 5.54. The summed E-state index contributed by atoms with van der Waals surface area (Å²) in [5.74, 6) is 0.329. The van der Waals surface area contributed by atoms with Crippen molar-refractivity contribution in [1.82, 2.24) is 14.7 Å². The number of likely N-dealkylation sites (N-methyl/N-ethyl adjacent to an activating group) is 1. The summed E-state index contributed by atoms with van der Waals surface area (Å²) >= 11 is 0. The molecule has 0 saturated carbocycles. The zero-order valence-electron chi connectivity index (χ0n) is 16.8. The van der Waals surface area contributed by atoms with Gasteiger partial charge in [-0.1, -0.05) is 30.3 Å². The van der Waals surface area contributed by atoms with E-state index in [1.807, 2.05) is 41.3 Å². The number of nitrogens with zero attached hydrogens (tertiary/aromatic N) is 3. The maximum absolute atomic E-state index is 13.6. The molecule has 0 N–H and O–H groups in total. The van der Waals surface area contributed by atoms with Crippen LogP contribution in [0.2, 0.25) is 0 Å². The van der Waals surface area contributed by atoms with E-state index >= 15 is 0 Å². The van der Waals surface area contributed by atoms with Gasteiger partial charge in [0.15, 0.2) is 0 Å². The van der Waals surface area contributed by atoms with Crippen LogP contribution in [0, 0.1) is 5.41 Å². The molecule has 0 aromatic heterocycles. The second kappa shape index (κ2) is 8.08. The minimum atomic E-state index is -0.397. The van der Waals surface area contributed by atoms with E-state index in [0.717, 1.165) is 70.4 Å². The van der Waals surface area contributed by atoms with E-state index in [-0.39, 0.29) is 11.9 Å². The molecule has 2 amide bonds. The smallest absolute Gasteiger partial charge is 0.246 e. The molecule has 3 heterocycles. The molecule has 0 aliphatic carbocycles. The number of carbonyl (C=O) groups is 2. The average molecular weight is 382 g/mol. The topological polar surface area (TPSA) is 43.9 Å².